The highest BCUT2D eigenvalue weighted by molar-refractivity contribution is 6.06. The van der Waals surface area contributed by atoms with Crippen molar-refractivity contribution in [1.29, 1.82) is 0 Å². The molecule has 3 aromatic rings. The van der Waals surface area contributed by atoms with Gasteiger partial charge in [-0.3, -0.25) is 9.48 Å². The average Bonchev–Trinajstić information content (AvgIpc) is 3.17. The molecule has 3 aromatic heterocycles. The molecule has 0 aromatic carbocycles. The third kappa shape index (κ3) is 2.75. The minimum Gasteiger partial charge on any atom is -0.339 e. The molecule has 1 aliphatic heterocycles. The molecule has 0 radical (unpaired) electrons. The normalized spacial score (nSPS) is 17.8. The summed E-state index contributed by atoms with van der Waals surface area (Å²) in [7, 11) is 1.85. The molecular formula is C18H22N6O2. The van der Waals surface area contributed by atoms with Crippen molar-refractivity contribution in [3.05, 3.63) is 34.7 Å². The molecule has 0 saturated carbocycles. The molecule has 1 saturated heterocycles. The van der Waals surface area contributed by atoms with E-state index in [0.717, 1.165) is 41.8 Å². The van der Waals surface area contributed by atoms with Crippen LogP contribution in [0.2, 0.25) is 0 Å². The highest BCUT2D eigenvalue weighted by Crippen LogP contribution is 2.29. The van der Waals surface area contributed by atoms with Gasteiger partial charge in [-0.25, -0.2) is 4.98 Å². The minimum atomic E-state index is 0.0116. The van der Waals surface area contributed by atoms with E-state index in [4.69, 9.17) is 4.52 Å². The van der Waals surface area contributed by atoms with Crippen molar-refractivity contribution in [3.63, 3.8) is 0 Å². The van der Waals surface area contributed by atoms with E-state index < -0.39 is 0 Å². The number of rotatable bonds is 2. The van der Waals surface area contributed by atoms with Gasteiger partial charge in [-0.05, 0) is 39.7 Å². The van der Waals surface area contributed by atoms with Gasteiger partial charge in [0, 0.05) is 25.8 Å². The first-order chi connectivity index (χ1) is 12.4. The van der Waals surface area contributed by atoms with E-state index in [2.05, 4.69) is 20.2 Å². The Kier molecular flexibility index (Phi) is 3.97. The third-order valence-electron chi connectivity index (χ3n) is 4.93. The van der Waals surface area contributed by atoms with Gasteiger partial charge in [0.1, 0.15) is 0 Å². The Balaban J connectivity index is 1.68. The Morgan fingerprint density at radius 1 is 1.27 bits per heavy atom. The molecule has 8 nitrogen and oxygen atoms in total. The van der Waals surface area contributed by atoms with E-state index in [1.807, 2.05) is 31.9 Å². The summed E-state index contributed by atoms with van der Waals surface area (Å²) < 4.78 is 7.06. The molecule has 1 amide bonds. The van der Waals surface area contributed by atoms with E-state index in [1.165, 1.54) is 0 Å². The summed E-state index contributed by atoms with van der Waals surface area (Å²) in [5, 5.41) is 9.15. The van der Waals surface area contributed by atoms with Crippen molar-refractivity contribution in [2.24, 2.45) is 7.05 Å². The number of fused-ring (bicyclic) bond motifs is 1. The summed E-state index contributed by atoms with van der Waals surface area (Å²) in [6.07, 6.45) is 1.86. The summed E-state index contributed by atoms with van der Waals surface area (Å²) in [6, 6.07) is 1.86. The first-order valence-corrected chi connectivity index (χ1v) is 8.84. The SMILES string of the molecule is Cc1cc(C(=O)N2CCCC(c3nc(C)no3)C2)c2c(C)nn(C)c2n1. The van der Waals surface area contributed by atoms with Crippen molar-refractivity contribution in [1.82, 2.24) is 29.8 Å². The van der Waals surface area contributed by atoms with Crippen molar-refractivity contribution < 1.29 is 9.32 Å². The van der Waals surface area contributed by atoms with Gasteiger partial charge in [0.25, 0.3) is 5.91 Å². The monoisotopic (exact) mass is 354 g/mol. The van der Waals surface area contributed by atoms with Crippen LogP contribution in [0.4, 0.5) is 0 Å². The van der Waals surface area contributed by atoms with Crippen molar-refractivity contribution in [2.45, 2.75) is 39.5 Å². The Morgan fingerprint density at radius 3 is 2.81 bits per heavy atom. The molecule has 1 unspecified atom stereocenters. The number of aromatic nitrogens is 5. The second-order valence-electron chi connectivity index (χ2n) is 6.99. The number of carbonyl (C=O) groups excluding carboxylic acids is 1. The molecule has 1 aliphatic rings. The van der Waals surface area contributed by atoms with Gasteiger partial charge in [-0.15, -0.1) is 0 Å². The number of amides is 1. The summed E-state index contributed by atoms with van der Waals surface area (Å²) in [4.78, 5) is 24.1. The molecule has 0 spiro atoms. The number of carbonyl (C=O) groups is 1. The lowest BCUT2D eigenvalue weighted by molar-refractivity contribution is 0.0697. The molecular weight excluding hydrogens is 332 g/mol. The first-order valence-electron chi connectivity index (χ1n) is 8.84. The van der Waals surface area contributed by atoms with Crippen LogP contribution >= 0.6 is 0 Å². The number of likely N-dealkylation sites (tertiary alicyclic amines) is 1. The van der Waals surface area contributed by atoms with Crippen LogP contribution in [-0.2, 0) is 7.05 Å². The van der Waals surface area contributed by atoms with E-state index in [1.54, 1.807) is 11.6 Å². The van der Waals surface area contributed by atoms with Gasteiger partial charge in [-0.2, -0.15) is 10.1 Å². The summed E-state index contributed by atoms with van der Waals surface area (Å²) in [5.41, 5.74) is 3.04. The van der Waals surface area contributed by atoms with E-state index in [-0.39, 0.29) is 11.8 Å². The fourth-order valence-corrected chi connectivity index (χ4v) is 3.75. The predicted molar refractivity (Wildman–Crippen MR) is 94.9 cm³/mol. The maximum absolute atomic E-state index is 13.3. The van der Waals surface area contributed by atoms with Crippen LogP contribution in [0.1, 0.15) is 52.2 Å². The first kappa shape index (κ1) is 16.7. The van der Waals surface area contributed by atoms with Gasteiger partial charge >= 0.3 is 0 Å². The Morgan fingerprint density at radius 2 is 2.08 bits per heavy atom. The summed E-state index contributed by atoms with van der Waals surface area (Å²) in [5.74, 6) is 1.34. The third-order valence-corrected chi connectivity index (χ3v) is 4.93. The van der Waals surface area contributed by atoms with Crippen LogP contribution in [0.25, 0.3) is 11.0 Å². The van der Waals surface area contributed by atoms with Crippen LogP contribution in [-0.4, -0.2) is 48.8 Å². The Hall–Kier alpha value is -2.77. The number of hydrogen-bond acceptors (Lipinski definition) is 6. The van der Waals surface area contributed by atoms with Gasteiger partial charge in [-0.1, -0.05) is 5.16 Å². The lowest BCUT2D eigenvalue weighted by atomic mass is 9.97. The smallest absolute Gasteiger partial charge is 0.254 e. The number of hydrogen-bond donors (Lipinski definition) is 0. The van der Waals surface area contributed by atoms with Crippen molar-refractivity contribution in [2.75, 3.05) is 13.1 Å². The second kappa shape index (κ2) is 6.19. The molecule has 1 fully saturated rings. The van der Waals surface area contributed by atoms with Crippen LogP contribution in [0.15, 0.2) is 10.6 Å². The molecule has 0 aliphatic carbocycles. The molecule has 26 heavy (non-hydrogen) atoms. The Labute approximate surface area is 151 Å². The molecule has 1 atom stereocenters. The maximum atomic E-state index is 13.3. The lowest BCUT2D eigenvalue weighted by Crippen LogP contribution is -2.39. The minimum absolute atomic E-state index is 0.0116. The van der Waals surface area contributed by atoms with Gasteiger partial charge in [0.15, 0.2) is 11.5 Å². The number of pyridine rings is 1. The average molecular weight is 354 g/mol. The highest BCUT2D eigenvalue weighted by Gasteiger charge is 2.30. The van der Waals surface area contributed by atoms with Gasteiger partial charge < -0.3 is 9.42 Å². The fraction of sp³-hybridized carbons (Fsp3) is 0.500. The molecule has 4 rings (SSSR count). The standard InChI is InChI=1S/C18H22N6O2/c1-10-8-14(15-11(2)21-23(4)16(15)19-10)18(25)24-7-5-6-13(9-24)17-20-12(3)22-26-17/h8,13H,5-7,9H2,1-4H3. The highest BCUT2D eigenvalue weighted by atomic mass is 16.5. The Bertz CT molecular complexity index is 989. The topological polar surface area (TPSA) is 89.9 Å². The van der Waals surface area contributed by atoms with Crippen LogP contribution in [0.3, 0.4) is 0 Å². The zero-order chi connectivity index (χ0) is 18.4. The second-order valence-corrected chi connectivity index (χ2v) is 6.99. The number of aryl methyl sites for hydroxylation is 4. The van der Waals surface area contributed by atoms with Crippen molar-refractivity contribution in [3.8, 4) is 0 Å². The molecule has 0 bridgehead atoms. The number of piperidine rings is 1. The quantitative estimate of drug-likeness (QED) is 0.701. The summed E-state index contributed by atoms with van der Waals surface area (Å²) >= 11 is 0. The molecule has 8 heteroatoms. The maximum Gasteiger partial charge on any atom is 0.254 e. The van der Waals surface area contributed by atoms with E-state index in [0.29, 0.717) is 23.8 Å². The molecule has 0 N–H and O–H groups in total. The lowest BCUT2D eigenvalue weighted by Gasteiger charge is -2.31. The van der Waals surface area contributed by atoms with Crippen LogP contribution in [0, 0.1) is 20.8 Å². The van der Waals surface area contributed by atoms with E-state index in [9.17, 15) is 4.79 Å². The zero-order valence-electron chi connectivity index (χ0n) is 15.5. The van der Waals surface area contributed by atoms with Crippen LogP contribution in [0.5, 0.6) is 0 Å². The number of nitrogens with zero attached hydrogens (tertiary/aromatic N) is 6. The molecule has 4 heterocycles. The summed E-state index contributed by atoms with van der Waals surface area (Å²) in [6.45, 7) is 6.93. The fourth-order valence-electron chi connectivity index (χ4n) is 3.75. The molecule has 136 valence electrons. The van der Waals surface area contributed by atoms with Gasteiger partial charge in [0.05, 0.1) is 22.6 Å². The zero-order valence-corrected chi connectivity index (χ0v) is 15.5. The van der Waals surface area contributed by atoms with Crippen molar-refractivity contribution >= 4 is 16.9 Å². The predicted octanol–water partition coefficient (Wildman–Crippen LogP) is 2.30. The van der Waals surface area contributed by atoms with E-state index >= 15 is 0 Å². The van der Waals surface area contributed by atoms with Crippen LogP contribution < -0.4 is 0 Å². The van der Waals surface area contributed by atoms with Gasteiger partial charge in [0.2, 0.25) is 5.89 Å². The largest absolute Gasteiger partial charge is 0.339 e.